The number of β-amino-alcohol motifs (C(OH)–C–C–N with tert-alkyl or cyclic N) is 1. The average Bonchev–Trinajstić information content (AvgIpc) is 3.48. The summed E-state index contributed by atoms with van der Waals surface area (Å²) in [5.41, 5.74) is 4.84. The molecule has 36 heavy (non-hydrogen) atoms. The van der Waals surface area contributed by atoms with Crippen molar-refractivity contribution in [1.82, 2.24) is 19.9 Å². The molecule has 5 rings (SSSR count). The first-order chi connectivity index (χ1) is 17.1. The van der Waals surface area contributed by atoms with Crippen LogP contribution < -0.4 is 16.0 Å². The lowest BCUT2D eigenvalue weighted by Gasteiger charge is -2.35. The smallest absolute Gasteiger partial charge is 0.391 e. The molecule has 1 amide bonds. The Balaban J connectivity index is 1.28. The number of rotatable bonds is 7. The highest BCUT2D eigenvalue weighted by Crippen LogP contribution is 2.57. The third-order valence-electron chi connectivity index (χ3n) is 7.33. The summed E-state index contributed by atoms with van der Waals surface area (Å²) in [6, 6.07) is 2.03. The Bertz CT molecular complexity index is 1120. The number of hydrogen-bond donors (Lipinski definition) is 3. The Morgan fingerprint density at radius 2 is 2.03 bits per heavy atom. The average molecular weight is 510 g/mol. The number of nitrogens with two attached hydrogens (primary N) is 1. The number of carbonyl (C=O) groups is 1. The Kier molecular flexibility index (Phi) is 6.45. The summed E-state index contributed by atoms with van der Waals surface area (Å²) in [7, 11) is 0. The van der Waals surface area contributed by atoms with Gasteiger partial charge in [-0.15, -0.1) is 0 Å². The predicted molar refractivity (Wildman–Crippen MR) is 121 cm³/mol. The van der Waals surface area contributed by atoms with E-state index in [4.69, 9.17) is 5.73 Å². The van der Waals surface area contributed by atoms with Crippen molar-refractivity contribution in [3.8, 4) is 0 Å². The normalized spacial score (nSPS) is 28.1. The summed E-state index contributed by atoms with van der Waals surface area (Å²) in [5.74, 6) is -0.669. The molecule has 0 aromatic carbocycles. The fraction of sp³-hybridized carbons (Fsp3) is 0.565. The second-order valence-electron chi connectivity index (χ2n) is 9.79. The Labute approximate surface area is 204 Å². The third kappa shape index (κ3) is 4.94. The molecule has 3 aliphatic rings. The van der Waals surface area contributed by atoms with Gasteiger partial charge in [-0.3, -0.25) is 14.7 Å². The van der Waals surface area contributed by atoms with Gasteiger partial charge in [-0.1, -0.05) is 6.07 Å². The molecule has 3 fully saturated rings. The fourth-order valence-electron chi connectivity index (χ4n) is 5.42. The number of anilines is 2. The van der Waals surface area contributed by atoms with E-state index in [1.807, 2.05) is 0 Å². The minimum absolute atomic E-state index is 0.00312. The van der Waals surface area contributed by atoms with Gasteiger partial charge >= 0.3 is 6.18 Å². The number of halogens is 4. The van der Waals surface area contributed by atoms with Gasteiger partial charge in [0.05, 0.1) is 18.7 Å². The number of pyridine rings is 1. The van der Waals surface area contributed by atoms with E-state index in [2.05, 4.69) is 20.3 Å². The molecule has 1 saturated carbocycles. The van der Waals surface area contributed by atoms with Crippen molar-refractivity contribution in [2.45, 2.75) is 31.2 Å². The molecule has 5 atom stereocenters. The lowest BCUT2D eigenvalue weighted by Crippen LogP contribution is -2.48. The number of aliphatic hydroxyl groups is 1. The lowest BCUT2D eigenvalue weighted by atomic mass is 9.93. The number of amides is 1. The van der Waals surface area contributed by atoms with Crippen molar-refractivity contribution >= 4 is 17.5 Å². The first-order valence-electron chi connectivity index (χ1n) is 11.8. The zero-order valence-corrected chi connectivity index (χ0v) is 19.3. The molecule has 2 saturated heterocycles. The number of nitrogens with zero attached hydrogens (tertiary/aromatic N) is 5. The van der Waals surface area contributed by atoms with Crippen LogP contribution in [-0.2, 0) is 11.0 Å². The zero-order chi connectivity index (χ0) is 25.6. The molecule has 2 aromatic rings. The van der Waals surface area contributed by atoms with Gasteiger partial charge in [-0.2, -0.15) is 17.6 Å². The van der Waals surface area contributed by atoms with E-state index in [0.717, 1.165) is 12.5 Å². The number of fused-ring (bicyclic) bond motifs is 1. The van der Waals surface area contributed by atoms with Gasteiger partial charge in [0.1, 0.15) is 12.0 Å². The molecule has 1 aliphatic carbocycles. The number of carbonyl (C=O) groups excluding carboxylic acids is 1. The van der Waals surface area contributed by atoms with E-state index in [-0.39, 0.29) is 42.6 Å². The van der Waals surface area contributed by atoms with E-state index < -0.39 is 29.7 Å². The van der Waals surface area contributed by atoms with Crippen molar-refractivity contribution in [1.29, 1.82) is 0 Å². The van der Waals surface area contributed by atoms with E-state index in [9.17, 15) is 23.1 Å². The van der Waals surface area contributed by atoms with Gasteiger partial charge in [-0.25, -0.2) is 9.97 Å². The molecule has 13 heteroatoms. The van der Waals surface area contributed by atoms with Crippen LogP contribution in [0.15, 0.2) is 24.7 Å². The predicted octanol–water partition coefficient (Wildman–Crippen LogP) is 1.81. The lowest BCUT2D eigenvalue weighted by molar-refractivity contribution is -0.141. The highest BCUT2D eigenvalue weighted by atomic mass is 19.4. The van der Waals surface area contributed by atoms with Gasteiger partial charge in [0.15, 0.2) is 11.6 Å². The number of likely N-dealkylation sites (tertiary alicyclic amines) is 1. The Morgan fingerprint density at radius 3 is 2.69 bits per heavy atom. The topological polar surface area (TPSA) is 120 Å². The first-order valence-corrected chi connectivity index (χ1v) is 11.8. The number of hydrogen-bond acceptors (Lipinski definition) is 8. The summed E-state index contributed by atoms with van der Waals surface area (Å²) < 4.78 is 54.3. The maximum absolute atomic E-state index is 15.5. The second kappa shape index (κ2) is 9.43. The van der Waals surface area contributed by atoms with Gasteiger partial charge in [0.25, 0.3) is 0 Å². The number of piperidine rings is 2. The monoisotopic (exact) mass is 509 g/mol. The Morgan fingerprint density at radius 1 is 1.22 bits per heavy atom. The van der Waals surface area contributed by atoms with Crippen LogP contribution in [0.2, 0.25) is 0 Å². The summed E-state index contributed by atoms with van der Waals surface area (Å²) >= 11 is 0. The van der Waals surface area contributed by atoms with Crippen LogP contribution in [0.3, 0.4) is 0 Å². The van der Waals surface area contributed by atoms with Crippen LogP contribution >= 0.6 is 0 Å². The van der Waals surface area contributed by atoms with Crippen LogP contribution in [-0.4, -0.2) is 69.7 Å². The van der Waals surface area contributed by atoms with Gasteiger partial charge in [0.2, 0.25) is 11.7 Å². The van der Waals surface area contributed by atoms with E-state index in [1.165, 1.54) is 18.6 Å². The molecule has 0 bridgehead atoms. The number of aliphatic hydroxyl groups excluding tert-OH is 1. The molecular weight excluding hydrogens is 482 g/mol. The summed E-state index contributed by atoms with van der Waals surface area (Å²) in [6.07, 6.45) is -1.26. The summed E-state index contributed by atoms with van der Waals surface area (Å²) in [5, 5.41) is 13.4. The number of alkyl halides is 3. The number of primary amides is 1. The maximum atomic E-state index is 15.5. The molecular formula is C23H27F4N7O2. The van der Waals surface area contributed by atoms with Crippen LogP contribution in [0.25, 0.3) is 0 Å². The molecule has 5 unspecified atom stereocenters. The minimum Gasteiger partial charge on any atom is -0.391 e. The summed E-state index contributed by atoms with van der Waals surface area (Å²) in [6.45, 7) is 1.78. The van der Waals surface area contributed by atoms with Crippen LogP contribution in [0.1, 0.15) is 30.1 Å². The zero-order valence-electron chi connectivity index (χ0n) is 19.3. The number of aromatic nitrogens is 3. The first kappa shape index (κ1) is 24.6. The Hall–Kier alpha value is -3.06. The van der Waals surface area contributed by atoms with Crippen molar-refractivity contribution in [3.05, 3.63) is 41.7 Å². The van der Waals surface area contributed by atoms with Crippen LogP contribution in [0.4, 0.5) is 29.2 Å². The molecule has 0 radical (unpaired) electrons. The standard InChI is InChI=1S/C23H27F4N7O2/c24-19-21(30-6-12-3-4-33(9-16(12)35)10-18(28)36)31-11-32-22(19)34-8-14-5-15(14)20(34)13-1-2-17(29-7-13)23(25,26)27/h1-2,7,11-12,14-16,20,35H,3-6,8-10H2,(H2,28,36)(H,30,31,32). The van der Waals surface area contributed by atoms with Crippen LogP contribution in [0.5, 0.6) is 0 Å². The molecule has 2 aromatic heterocycles. The van der Waals surface area contributed by atoms with Crippen molar-refractivity contribution in [2.75, 3.05) is 42.9 Å². The van der Waals surface area contributed by atoms with E-state index >= 15 is 4.39 Å². The molecule has 2 aliphatic heterocycles. The van der Waals surface area contributed by atoms with E-state index in [1.54, 1.807) is 9.80 Å². The van der Waals surface area contributed by atoms with Gasteiger partial charge in [-0.05, 0) is 42.9 Å². The van der Waals surface area contributed by atoms with Crippen molar-refractivity contribution in [2.24, 2.45) is 23.5 Å². The molecule has 194 valence electrons. The molecule has 4 N–H and O–H groups in total. The highest BCUT2D eigenvalue weighted by molar-refractivity contribution is 5.75. The van der Waals surface area contributed by atoms with Crippen molar-refractivity contribution < 1.29 is 27.5 Å². The largest absolute Gasteiger partial charge is 0.433 e. The molecule has 4 heterocycles. The quantitative estimate of drug-likeness (QED) is 0.484. The van der Waals surface area contributed by atoms with Crippen molar-refractivity contribution in [3.63, 3.8) is 0 Å². The molecule has 9 nitrogen and oxygen atoms in total. The molecule has 0 spiro atoms. The van der Waals surface area contributed by atoms with Crippen LogP contribution in [0, 0.1) is 23.6 Å². The maximum Gasteiger partial charge on any atom is 0.433 e. The fourth-order valence-corrected chi connectivity index (χ4v) is 5.42. The van der Waals surface area contributed by atoms with Gasteiger partial charge < -0.3 is 21.1 Å². The van der Waals surface area contributed by atoms with E-state index in [0.29, 0.717) is 37.5 Å². The third-order valence-corrected chi connectivity index (χ3v) is 7.33. The second-order valence-corrected chi connectivity index (χ2v) is 9.79. The highest BCUT2D eigenvalue weighted by Gasteiger charge is 2.54. The SMILES string of the molecule is NC(=O)CN1CCC(CNc2ncnc(N3CC4CC4C3c3ccc(C(F)(F)F)nc3)c2F)C(O)C1. The minimum atomic E-state index is -4.53. The number of nitrogens with one attached hydrogen (secondary N) is 1. The van der Waals surface area contributed by atoms with Gasteiger partial charge in [0, 0.05) is 31.7 Å². The summed E-state index contributed by atoms with van der Waals surface area (Å²) in [4.78, 5) is 26.4.